The average Bonchev–Trinajstić information content (AvgIpc) is 3.23. The Balaban J connectivity index is 1.41. The molecule has 6 heteroatoms. The van der Waals surface area contributed by atoms with E-state index in [9.17, 15) is 9.90 Å². The van der Waals surface area contributed by atoms with E-state index in [1.807, 2.05) is 30.5 Å². The number of phenolic OH excluding ortho intramolecular Hbond substituents is 1. The number of nitrogens with zero attached hydrogens (tertiary/aromatic N) is 3. The second kappa shape index (κ2) is 6.92. The maximum atomic E-state index is 12.3. The first-order chi connectivity index (χ1) is 12.7. The summed E-state index contributed by atoms with van der Waals surface area (Å²) < 4.78 is 5.19. The van der Waals surface area contributed by atoms with Crippen LogP contribution in [0.4, 0.5) is 5.82 Å². The fourth-order valence-corrected chi connectivity index (χ4v) is 3.12. The van der Waals surface area contributed by atoms with Crippen molar-refractivity contribution >= 4 is 11.7 Å². The van der Waals surface area contributed by atoms with Gasteiger partial charge in [-0.15, -0.1) is 0 Å². The molecule has 0 spiro atoms. The highest BCUT2D eigenvalue weighted by molar-refractivity contribution is 5.91. The van der Waals surface area contributed by atoms with Crippen molar-refractivity contribution in [2.24, 2.45) is 0 Å². The normalized spacial score (nSPS) is 14.5. The summed E-state index contributed by atoms with van der Waals surface area (Å²) in [7, 11) is 0. The number of piperazine rings is 1. The van der Waals surface area contributed by atoms with Crippen LogP contribution in [0.15, 0.2) is 65.4 Å². The van der Waals surface area contributed by atoms with Crippen molar-refractivity contribution in [1.82, 2.24) is 9.88 Å². The van der Waals surface area contributed by atoms with Gasteiger partial charge in [0.1, 0.15) is 11.6 Å². The number of amides is 1. The molecule has 1 N–H and O–H groups in total. The predicted octanol–water partition coefficient (Wildman–Crippen LogP) is 3.01. The van der Waals surface area contributed by atoms with E-state index in [1.54, 1.807) is 29.2 Å². The Morgan fingerprint density at radius 3 is 2.50 bits per heavy atom. The van der Waals surface area contributed by atoms with Crippen LogP contribution in [-0.4, -0.2) is 47.1 Å². The molecule has 2 aromatic heterocycles. The summed E-state index contributed by atoms with van der Waals surface area (Å²) in [6.45, 7) is 2.72. The van der Waals surface area contributed by atoms with Gasteiger partial charge in [-0.2, -0.15) is 0 Å². The fourth-order valence-electron chi connectivity index (χ4n) is 3.12. The largest absolute Gasteiger partial charge is 0.508 e. The summed E-state index contributed by atoms with van der Waals surface area (Å²) in [6, 6.07) is 14.5. The molecule has 26 heavy (non-hydrogen) atoms. The number of hydrogen-bond donors (Lipinski definition) is 1. The number of pyridine rings is 1. The van der Waals surface area contributed by atoms with Gasteiger partial charge in [-0.3, -0.25) is 4.79 Å². The second-order valence-corrected chi connectivity index (χ2v) is 6.21. The third-order valence-electron chi connectivity index (χ3n) is 4.55. The van der Waals surface area contributed by atoms with Gasteiger partial charge in [0.2, 0.25) is 0 Å². The molecule has 1 saturated heterocycles. The van der Waals surface area contributed by atoms with Crippen LogP contribution in [0.25, 0.3) is 11.1 Å². The minimum atomic E-state index is -0.0677. The van der Waals surface area contributed by atoms with E-state index in [1.165, 1.54) is 6.26 Å². The van der Waals surface area contributed by atoms with Crippen molar-refractivity contribution in [2.75, 3.05) is 31.1 Å². The van der Waals surface area contributed by atoms with Gasteiger partial charge in [-0.1, -0.05) is 12.1 Å². The van der Waals surface area contributed by atoms with Gasteiger partial charge in [-0.25, -0.2) is 4.98 Å². The van der Waals surface area contributed by atoms with Crippen molar-refractivity contribution in [2.45, 2.75) is 0 Å². The molecule has 1 aromatic carbocycles. The molecule has 3 aromatic rings. The third kappa shape index (κ3) is 3.26. The summed E-state index contributed by atoms with van der Waals surface area (Å²) in [6.07, 6.45) is 3.33. The van der Waals surface area contributed by atoms with Crippen molar-refractivity contribution in [1.29, 1.82) is 0 Å². The van der Waals surface area contributed by atoms with E-state index in [4.69, 9.17) is 4.42 Å². The van der Waals surface area contributed by atoms with Gasteiger partial charge in [0, 0.05) is 37.9 Å². The molecule has 132 valence electrons. The Morgan fingerprint density at radius 1 is 1.00 bits per heavy atom. The standard InChI is InChI=1S/C20H19N3O3/c24-17-4-1-3-15(13-17)16-6-7-19(21-14-16)22-8-10-23(11-9-22)20(25)18-5-2-12-26-18/h1-7,12-14,24H,8-11H2. The third-order valence-corrected chi connectivity index (χ3v) is 4.55. The molecule has 0 aliphatic carbocycles. The fraction of sp³-hybridized carbons (Fsp3) is 0.200. The van der Waals surface area contributed by atoms with Crippen molar-refractivity contribution in [3.05, 3.63) is 66.8 Å². The number of carbonyl (C=O) groups is 1. The van der Waals surface area contributed by atoms with E-state index in [0.717, 1.165) is 30.0 Å². The van der Waals surface area contributed by atoms with Gasteiger partial charge in [-0.05, 0) is 42.0 Å². The average molecular weight is 349 g/mol. The molecule has 1 amide bonds. The van der Waals surface area contributed by atoms with E-state index >= 15 is 0 Å². The van der Waals surface area contributed by atoms with Crippen molar-refractivity contribution in [3.8, 4) is 16.9 Å². The molecule has 0 radical (unpaired) electrons. The van der Waals surface area contributed by atoms with Gasteiger partial charge >= 0.3 is 0 Å². The lowest BCUT2D eigenvalue weighted by molar-refractivity contribution is 0.0714. The molecule has 0 saturated carbocycles. The Hall–Kier alpha value is -3.28. The molecule has 0 bridgehead atoms. The molecule has 6 nitrogen and oxygen atoms in total. The lowest BCUT2D eigenvalue weighted by atomic mass is 10.1. The zero-order chi connectivity index (χ0) is 17.9. The Bertz CT molecular complexity index is 883. The molecule has 3 heterocycles. The maximum Gasteiger partial charge on any atom is 0.289 e. The molecule has 0 unspecified atom stereocenters. The van der Waals surface area contributed by atoms with Crippen molar-refractivity contribution < 1.29 is 14.3 Å². The molecular formula is C20H19N3O3. The predicted molar refractivity (Wildman–Crippen MR) is 98.2 cm³/mol. The van der Waals surface area contributed by atoms with Gasteiger partial charge < -0.3 is 19.3 Å². The smallest absolute Gasteiger partial charge is 0.289 e. The van der Waals surface area contributed by atoms with Gasteiger partial charge in [0.25, 0.3) is 5.91 Å². The first kappa shape index (κ1) is 16.2. The van der Waals surface area contributed by atoms with E-state index in [0.29, 0.717) is 18.8 Å². The molecule has 0 atom stereocenters. The Kier molecular flexibility index (Phi) is 4.31. The minimum absolute atomic E-state index is 0.0677. The number of rotatable bonds is 3. The minimum Gasteiger partial charge on any atom is -0.508 e. The van der Waals surface area contributed by atoms with Crippen LogP contribution in [0.3, 0.4) is 0 Å². The zero-order valence-electron chi connectivity index (χ0n) is 14.2. The van der Waals surface area contributed by atoms with Crippen LogP contribution in [0.2, 0.25) is 0 Å². The first-order valence-electron chi connectivity index (χ1n) is 8.54. The van der Waals surface area contributed by atoms with Gasteiger partial charge in [0.15, 0.2) is 5.76 Å². The topological polar surface area (TPSA) is 69.8 Å². The van der Waals surface area contributed by atoms with Crippen LogP contribution in [0, 0.1) is 0 Å². The molecule has 4 rings (SSSR count). The molecule has 1 fully saturated rings. The highest BCUT2D eigenvalue weighted by atomic mass is 16.3. The van der Waals surface area contributed by atoms with E-state index in [2.05, 4.69) is 9.88 Å². The molecule has 1 aliphatic rings. The first-order valence-corrected chi connectivity index (χ1v) is 8.54. The summed E-state index contributed by atoms with van der Waals surface area (Å²) in [5, 5.41) is 9.60. The van der Waals surface area contributed by atoms with Crippen LogP contribution < -0.4 is 4.90 Å². The highest BCUT2D eigenvalue weighted by Gasteiger charge is 2.24. The quantitative estimate of drug-likeness (QED) is 0.787. The summed E-state index contributed by atoms with van der Waals surface area (Å²) in [5.74, 6) is 1.44. The summed E-state index contributed by atoms with van der Waals surface area (Å²) in [4.78, 5) is 20.8. The second-order valence-electron chi connectivity index (χ2n) is 6.21. The summed E-state index contributed by atoms with van der Waals surface area (Å²) >= 11 is 0. The van der Waals surface area contributed by atoms with E-state index < -0.39 is 0 Å². The van der Waals surface area contributed by atoms with Crippen LogP contribution in [0.1, 0.15) is 10.6 Å². The maximum absolute atomic E-state index is 12.3. The summed E-state index contributed by atoms with van der Waals surface area (Å²) in [5.41, 5.74) is 1.88. The Morgan fingerprint density at radius 2 is 1.85 bits per heavy atom. The number of carbonyl (C=O) groups excluding carboxylic acids is 1. The molecular weight excluding hydrogens is 330 g/mol. The molecule has 1 aliphatic heterocycles. The highest BCUT2D eigenvalue weighted by Crippen LogP contribution is 2.24. The SMILES string of the molecule is O=C(c1ccco1)N1CCN(c2ccc(-c3cccc(O)c3)cn2)CC1. The van der Waals surface area contributed by atoms with Crippen LogP contribution in [0.5, 0.6) is 5.75 Å². The zero-order valence-corrected chi connectivity index (χ0v) is 14.2. The number of hydrogen-bond acceptors (Lipinski definition) is 5. The lowest BCUT2D eigenvalue weighted by Crippen LogP contribution is -2.49. The number of aromatic nitrogens is 1. The number of benzene rings is 1. The monoisotopic (exact) mass is 349 g/mol. The van der Waals surface area contributed by atoms with Crippen molar-refractivity contribution in [3.63, 3.8) is 0 Å². The lowest BCUT2D eigenvalue weighted by Gasteiger charge is -2.35. The number of phenols is 1. The van der Waals surface area contributed by atoms with Crippen LogP contribution >= 0.6 is 0 Å². The van der Waals surface area contributed by atoms with Crippen LogP contribution in [-0.2, 0) is 0 Å². The number of aromatic hydroxyl groups is 1. The number of anilines is 1. The number of furan rings is 1. The van der Waals surface area contributed by atoms with E-state index in [-0.39, 0.29) is 11.7 Å². The Labute approximate surface area is 151 Å². The van der Waals surface area contributed by atoms with Gasteiger partial charge in [0.05, 0.1) is 6.26 Å².